The SMILES string of the molecule is Cc1cc2nc(CC(C)CC(C)(C)C)[nH]c2cc1C. The molecule has 1 heterocycles. The Morgan fingerprint density at radius 1 is 1.16 bits per heavy atom. The zero-order chi connectivity index (χ0) is 14.2. The van der Waals surface area contributed by atoms with Crippen molar-refractivity contribution in [1.29, 1.82) is 0 Å². The number of hydrogen-bond donors (Lipinski definition) is 1. The van der Waals surface area contributed by atoms with E-state index in [1.165, 1.54) is 23.1 Å². The lowest BCUT2D eigenvalue weighted by molar-refractivity contribution is 0.304. The lowest BCUT2D eigenvalue weighted by Crippen LogP contribution is -2.13. The lowest BCUT2D eigenvalue weighted by atomic mass is 9.84. The molecule has 1 aromatic carbocycles. The highest BCUT2D eigenvalue weighted by Gasteiger charge is 2.17. The van der Waals surface area contributed by atoms with Gasteiger partial charge in [-0.05, 0) is 54.9 Å². The van der Waals surface area contributed by atoms with Crippen molar-refractivity contribution in [2.45, 2.75) is 54.4 Å². The van der Waals surface area contributed by atoms with Gasteiger partial charge in [0.1, 0.15) is 5.82 Å². The summed E-state index contributed by atoms with van der Waals surface area (Å²) in [5.74, 6) is 1.78. The van der Waals surface area contributed by atoms with Crippen LogP contribution in [0.2, 0.25) is 0 Å². The molecule has 19 heavy (non-hydrogen) atoms. The van der Waals surface area contributed by atoms with Gasteiger partial charge < -0.3 is 4.98 Å². The number of H-pyrrole nitrogens is 1. The normalized spacial score (nSPS) is 14.0. The van der Waals surface area contributed by atoms with Gasteiger partial charge in [-0.1, -0.05) is 27.7 Å². The molecule has 0 radical (unpaired) electrons. The first kappa shape index (κ1) is 14.1. The van der Waals surface area contributed by atoms with E-state index in [4.69, 9.17) is 4.98 Å². The largest absolute Gasteiger partial charge is 0.342 e. The van der Waals surface area contributed by atoms with Crippen LogP contribution in [0.5, 0.6) is 0 Å². The van der Waals surface area contributed by atoms with E-state index in [1.54, 1.807) is 0 Å². The average Bonchev–Trinajstić information content (AvgIpc) is 2.56. The number of aryl methyl sites for hydroxylation is 2. The molecular formula is C17H26N2. The number of fused-ring (bicyclic) bond motifs is 1. The van der Waals surface area contributed by atoms with Crippen LogP contribution < -0.4 is 0 Å². The second kappa shape index (κ2) is 4.99. The fourth-order valence-electron chi connectivity index (χ4n) is 2.87. The predicted molar refractivity (Wildman–Crippen MR) is 82.5 cm³/mol. The van der Waals surface area contributed by atoms with Crippen molar-refractivity contribution in [2.24, 2.45) is 11.3 Å². The Bertz CT molecular complexity index is 534. The van der Waals surface area contributed by atoms with Crippen molar-refractivity contribution in [3.05, 3.63) is 29.1 Å². The summed E-state index contributed by atoms with van der Waals surface area (Å²) in [5, 5.41) is 0. The molecule has 0 aliphatic heterocycles. The molecule has 2 heteroatoms. The van der Waals surface area contributed by atoms with E-state index in [0.717, 1.165) is 17.8 Å². The summed E-state index contributed by atoms with van der Waals surface area (Å²) in [4.78, 5) is 8.20. The highest BCUT2D eigenvalue weighted by Crippen LogP contribution is 2.26. The van der Waals surface area contributed by atoms with Crippen LogP contribution in [0.1, 0.15) is 51.1 Å². The standard InChI is InChI=1S/C17H26N2/c1-11(10-17(4,5)6)7-16-18-14-8-12(2)13(3)9-15(14)19-16/h8-9,11H,7,10H2,1-6H3,(H,18,19). The van der Waals surface area contributed by atoms with Crippen molar-refractivity contribution < 1.29 is 0 Å². The number of imidazole rings is 1. The van der Waals surface area contributed by atoms with Crippen LogP contribution in [0.3, 0.4) is 0 Å². The van der Waals surface area contributed by atoms with E-state index in [9.17, 15) is 0 Å². The minimum atomic E-state index is 0.388. The van der Waals surface area contributed by atoms with Gasteiger partial charge in [0.05, 0.1) is 11.0 Å². The van der Waals surface area contributed by atoms with Crippen LogP contribution in [0, 0.1) is 25.2 Å². The fourth-order valence-corrected chi connectivity index (χ4v) is 2.87. The van der Waals surface area contributed by atoms with Gasteiger partial charge in [0, 0.05) is 6.42 Å². The number of aromatic amines is 1. The molecule has 104 valence electrons. The van der Waals surface area contributed by atoms with E-state index in [1.807, 2.05) is 0 Å². The second-order valence-corrected chi connectivity index (χ2v) is 7.21. The molecule has 0 spiro atoms. The van der Waals surface area contributed by atoms with Crippen molar-refractivity contribution in [2.75, 3.05) is 0 Å². The molecule has 1 atom stereocenters. The maximum Gasteiger partial charge on any atom is 0.107 e. The van der Waals surface area contributed by atoms with E-state index >= 15 is 0 Å². The van der Waals surface area contributed by atoms with Gasteiger partial charge in [-0.2, -0.15) is 0 Å². The summed E-state index contributed by atoms with van der Waals surface area (Å²) >= 11 is 0. The number of nitrogens with zero attached hydrogens (tertiary/aromatic N) is 1. The molecule has 2 rings (SSSR count). The van der Waals surface area contributed by atoms with Gasteiger partial charge in [0.2, 0.25) is 0 Å². The van der Waals surface area contributed by atoms with Crippen LogP contribution in [0.4, 0.5) is 0 Å². The molecule has 0 amide bonds. The zero-order valence-corrected chi connectivity index (χ0v) is 13.1. The highest BCUT2D eigenvalue weighted by molar-refractivity contribution is 5.77. The van der Waals surface area contributed by atoms with Gasteiger partial charge in [-0.25, -0.2) is 4.98 Å². The first-order chi connectivity index (χ1) is 8.74. The van der Waals surface area contributed by atoms with Crippen LogP contribution in [0.25, 0.3) is 11.0 Å². The monoisotopic (exact) mass is 258 g/mol. The molecule has 0 bridgehead atoms. The minimum Gasteiger partial charge on any atom is -0.342 e. The summed E-state index contributed by atoms with van der Waals surface area (Å²) < 4.78 is 0. The van der Waals surface area contributed by atoms with Crippen molar-refractivity contribution in [1.82, 2.24) is 9.97 Å². The average molecular weight is 258 g/mol. The molecule has 0 aliphatic rings. The predicted octanol–water partition coefficient (Wildman–Crippen LogP) is 4.79. The molecule has 1 unspecified atom stereocenters. The molecule has 1 N–H and O–H groups in total. The van der Waals surface area contributed by atoms with Gasteiger partial charge >= 0.3 is 0 Å². The quantitative estimate of drug-likeness (QED) is 0.842. The summed E-state index contributed by atoms with van der Waals surface area (Å²) in [6.07, 6.45) is 2.26. The number of benzene rings is 1. The van der Waals surface area contributed by atoms with Crippen LogP contribution in [-0.2, 0) is 6.42 Å². The van der Waals surface area contributed by atoms with Crippen molar-refractivity contribution >= 4 is 11.0 Å². The van der Waals surface area contributed by atoms with Gasteiger partial charge in [0.15, 0.2) is 0 Å². The Morgan fingerprint density at radius 3 is 2.42 bits per heavy atom. The molecule has 0 saturated heterocycles. The number of nitrogens with one attached hydrogen (secondary N) is 1. The number of rotatable bonds is 3. The van der Waals surface area contributed by atoms with Gasteiger partial charge in [-0.3, -0.25) is 0 Å². The summed E-state index contributed by atoms with van der Waals surface area (Å²) in [7, 11) is 0. The Labute approximate surface area is 116 Å². The zero-order valence-electron chi connectivity index (χ0n) is 13.1. The fraction of sp³-hybridized carbons (Fsp3) is 0.588. The Morgan fingerprint density at radius 2 is 1.79 bits per heavy atom. The van der Waals surface area contributed by atoms with Crippen LogP contribution >= 0.6 is 0 Å². The second-order valence-electron chi connectivity index (χ2n) is 7.21. The smallest absolute Gasteiger partial charge is 0.107 e. The maximum absolute atomic E-state index is 4.73. The van der Waals surface area contributed by atoms with E-state index in [0.29, 0.717) is 11.3 Å². The molecule has 1 aromatic heterocycles. The Kier molecular flexibility index (Phi) is 3.71. The minimum absolute atomic E-state index is 0.388. The molecule has 0 saturated carbocycles. The summed E-state index contributed by atoms with van der Waals surface area (Å²) in [5.41, 5.74) is 5.29. The first-order valence-corrected chi connectivity index (χ1v) is 7.20. The van der Waals surface area contributed by atoms with Gasteiger partial charge in [0.25, 0.3) is 0 Å². The topological polar surface area (TPSA) is 28.7 Å². The maximum atomic E-state index is 4.73. The molecular weight excluding hydrogens is 232 g/mol. The number of aromatic nitrogens is 2. The summed E-state index contributed by atoms with van der Waals surface area (Å²) in [6, 6.07) is 4.38. The third-order valence-corrected chi connectivity index (χ3v) is 3.65. The van der Waals surface area contributed by atoms with Gasteiger partial charge in [-0.15, -0.1) is 0 Å². The molecule has 2 nitrogen and oxygen atoms in total. The molecule has 2 aromatic rings. The summed E-state index contributed by atoms with van der Waals surface area (Å²) in [6.45, 7) is 13.5. The Balaban J connectivity index is 2.18. The lowest BCUT2D eigenvalue weighted by Gasteiger charge is -2.22. The molecule has 0 fully saturated rings. The Hall–Kier alpha value is -1.31. The van der Waals surface area contributed by atoms with Crippen molar-refractivity contribution in [3.8, 4) is 0 Å². The third kappa shape index (κ3) is 3.59. The first-order valence-electron chi connectivity index (χ1n) is 7.20. The van der Waals surface area contributed by atoms with E-state index < -0.39 is 0 Å². The van der Waals surface area contributed by atoms with E-state index in [2.05, 4.69) is 58.7 Å². The van der Waals surface area contributed by atoms with Crippen LogP contribution in [0.15, 0.2) is 12.1 Å². The highest BCUT2D eigenvalue weighted by atomic mass is 14.9. The van der Waals surface area contributed by atoms with Crippen molar-refractivity contribution in [3.63, 3.8) is 0 Å². The van der Waals surface area contributed by atoms with E-state index in [-0.39, 0.29) is 0 Å². The third-order valence-electron chi connectivity index (χ3n) is 3.65. The number of hydrogen-bond acceptors (Lipinski definition) is 1. The van der Waals surface area contributed by atoms with Crippen LogP contribution in [-0.4, -0.2) is 9.97 Å². The molecule has 0 aliphatic carbocycles.